The van der Waals surface area contributed by atoms with Gasteiger partial charge in [-0.15, -0.1) is 0 Å². The van der Waals surface area contributed by atoms with Gasteiger partial charge in [-0.2, -0.15) is 13.2 Å². The highest BCUT2D eigenvalue weighted by Crippen LogP contribution is 2.33. The van der Waals surface area contributed by atoms with Crippen LogP contribution in [0, 0.1) is 0 Å². The van der Waals surface area contributed by atoms with Crippen molar-refractivity contribution in [3.05, 3.63) is 17.8 Å². The average molecular weight is 361 g/mol. The van der Waals surface area contributed by atoms with Gasteiger partial charge in [0.1, 0.15) is 23.7 Å². The average Bonchev–Trinajstić information content (AvgIpc) is 2.74. The van der Waals surface area contributed by atoms with Crippen molar-refractivity contribution in [3.8, 4) is 0 Å². The summed E-state index contributed by atoms with van der Waals surface area (Å²) in [4.78, 5) is 28.0. The smallest absolute Gasteiger partial charge is 0.433 e. The lowest BCUT2D eigenvalue weighted by Gasteiger charge is -2.21. The summed E-state index contributed by atoms with van der Waals surface area (Å²) in [6.45, 7) is 6.49. The van der Waals surface area contributed by atoms with Crippen LogP contribution in [0.15, 0.2) is 12.1 Å². The summed E-state index contributed by atoms with van der Waals surface area (Å²) in [5, 5.41) is 2.22. The lowest BCUT2D eigenvalue weighted by atomic mass is 10.2. The van der Waals surface area contributed by atoms with E-state index < -0.39 is 35.7 Å². The molecule has 2 rings (SSSR count). The number of amides is 2. The zero-order chi connectivity index (χ0) is 19.0. The fraction of sp³-hybridized carbons (Fsp3) is 0.533. The molecule has 1 saturated heterocycles. The van der Waals surface area contributed by atoms with Gasteiger partial charge in [0.25, 0.3) is 0 Å². The van der Waals surface area contributed by atoms with Gasteiger partial charge in [0.05, 0.1) is 6.04 Å². The molecule has 0 saturated carbocycles. The van der Waals surface area contributed by atoms with Gasteiger partial charge in [-0.3, -0.25) is 10.2 Å². The zero-order valence-corrected chi connectivity index (χ0v) is 14.1. The number of nitrogens with one attached hydrogen (secondary N) is 1. The molecular formula is C15H18F3N3O4. The van der Waals surface area contributed by atoms with Gasteiger partial charge in [-0.1, -0.05) is 0 Å². The predicted octanol–water partition coefficient (Wildman–Crippen LogP) is 3.79. The minimum absolute atomic E-state index is 0.0333. The Kier molecular flexibility index (Phi) is 4.83. The van der Waals surface area contributed by atoms with Crippen LogP contribution >= 0.6 is 0 Å². The highest BCUT2D eigenvalue weighted by molar-refractivity contribution is 5.91. The Morgan fingerprint density at radius 3 is 2.48 bits per heavy atom. The van der Waals surface area contributed by atoms with E-state index in [9.17, 15) is 22.8 Å². The Balaban J connectivity index is 2.38. The number of aromatic nitrogens is 1. The number of rotatable bonds is 2. The molecule has 0 bridgehead atoms. The van der Waals surface area contributed by atoms with Gasteiger partial charge in [-0.25, -0.2) is 14.6 Å². The fourth-order valence-corrected chi connectivity index (χ4v) is 2.11. The molecule has 2 heterocycles. The van der Waals surface area contributed by atoms with Crippen LogP contribution in [0.1, 0.15) is 33.4 Å². The molecule has 1 aliphatic heterocycles. The van der Waals surface area contributed by atoms with Gasteiger partial charge in [-0.05, 0) is 33.8 Å². The molecule has 0 aromatic carbocycles. The van der Waals surface area contributed by atoms with Crippen LogP contribution in [0.3, 0.4) is 0 Å². The highest BCUT2D eigenvalue weighted by Gasteiger charge is 2.37. The lowest BCUT2D eigenvalue weighted by Crippen LogP contribution is -2.32. The maximum atomic E-state index is 13.1. The molecule has 0 radical (unpaired) electrons. The molecule has 1 N–H and O–H groups in total. The third-order valence-corrected chi connectivity index (χ3v) is 3.08. The first kappa shape index (κ1) is 18.8. The molecular weight excluding hydrogens is 343 g/mol. The first-order chi connectivity index (χ1) is 11.4. The molecule has 0 unspecified atom stereocenters. The molecule has 1 aliphatic rings. The van der Waals surface area contributed by atoms with Crippen molar-refractivity contribution >= 4 is 23.7 Å². The minimum Gasteiger partial charge on any atom is -0.447 e. The van der Waals surface area contributed by atoms with E-state index in [4.69, 9.17) is 9.47 Å². The quantitative estimate of drug-likeness (QED) is 0.867. The second kappa shape index (κ2) is 6.41. The van der Waals surface area contributed by atoms with Crippen LogP contribution in [0.25, 0.3) is 0 Å². The summed E-state index contributed by atoms with van der Waals surface area (Å²) in [7, 11) is 0. The fourth-order valence-electron chi connectivity index (χ4n) is 2.11. The van der Waals surface area contributed by atoms with Crippen LogP contribution in [0.5, 0.6) is 0 Å². The number of halogens is 3. The monoisotopic (exact) mass is 361 g/mol. The van der Waals surface area contributed by atoms with Gasteiger partial charge in [0, 0.05) is 11.8 Å². The van der Waals surface area contributed by atoms with E-state index in [-0.39, 0.29) is 18.1 Å². The number of anilines is 2. The number of hydrogen-bond donors (Lipinski definition) is 1. The van der Waals surface area contributed by atoms with Gasteiger partial charge in [0.15, 0.2) is 0 Å². The number of nitrogens with zero attached hydrogens (tertiary/aromatic N) is 2. The molecule has 10 heteroatoms. The Hall–Kier alpha value is -2.52. The van der Waals surface area contributed by atoms with Crippen LogP contribution in [0.2, 0.25) is 0 Å². The standard InChI is InChI=1S/C15H18F3N3O4/c1-8-7-24-13(23)21(8)11-6-9(5-10(20-11)15(16,17)18)19-12(22)25-14(2,3)4/h5-6,8H,7H2,1-4H3,(H,19,20,22)/t8-/m0/s1. The van der Waals surface area contributed by atoms with Crippen molar-refractivity contribution in [2.45, 2.75) is 45.5 Å². The Labute approximate surface area is 142 Å². The third-order valence-electron chi connectivity index (χ3n) is 3.08. The summed E-state index contributed by atoms with van der Waals surface area (Å²) in [5.41, 5.74) is -2.26. The topological polar surface area (TPSA) is 80.8 Å². The molecule has 1 aromatic rings. The van der Waals surface area contributed by atoms with E-state index in [1.54, 1.807) is 27.7 Å². The number of carbonyl (C=O) groups excluding carboxylic acids is 2. The van der Waals surface area contributed by atoms with Gasteiger partial charge in [0.2, 0.25) is 0 Å². The maximum absolute atomic E-state index is 13.1. The van der Waals surface area contributed by atoms with E-state index in [1.165, 1.54) is 0 Å². The van der Waals surface area contributed by atoms with E-state index >= 15 is 0 Å². The van der Waals surface area contributed by atoms with Crippen LogP contribution in [-0.2, 0) is 15.7 Å². The van der Waals surface area contributed by atoms with Crippen molar-refractivity contribution in [1.29, 1.82) is 0 Å². The van der Waals surface area contributed by atoms with Crippen molar-refractivity contribution < 1.29 is 32.2 Å². The third kappa shape index (κ3) is 4.74. The second-order valence-corrected chi connectivity index (χ2v) is 6.52. The summed E-state index contributed by atoms with van der Waals surface area (Å²) in [5.74, 6) is -0.268. The molecule has 25 heavy (non-hydrogen) atoms. The number of pyridine rings is 1. The Morgan fingerprint density at radius 1 is 1.36 bits per heavy atom. The Morgan fingerprint density at radius 2 is 2.00 bits per heavy atom. The number of carbonyl (C=O) groups is 2. The van der Waals surface area contributed by atoms with Gasteiger partial charge < -0.3 is 9.47 Å². The molecule has 1 aromatic heterocycles. The predicted molar refractivity (Wildman–Crippen MR) is 82.4 cm³/mol. The Bertz CT molecular complexity index is 686. The van der Waals surface area contributed by atoms with Crippen molar-refractivity contribution in [3.63, 3.8) is 0 Å². The van der Waals surface area contributed by atoms with Crippen LogP contribution in [0.4, 0.5) is 34.3 Å². The van der Waals surface area contributed by atoms with Gasteiger partial charge >= 0.3 is 18.4 Å². The normalized spacial score (nSPS) is 18.1. The molecule has 1 atom stereocenters. The summed E-state index contributed by atoms with van der Waals surface area (Å²) in [6.07, 6.45) is -6.48. The molecule has 1 fully saturated rings. The molecule has 0 spiro atoms. The number of hydrogen-bond acceptors (Lipinski definition) is 5. The van der Waals surface area contributed by atoms with Crippen molar-refractivity contribution in [2.24, 2.45) is 0 Å². The maximum Gasteiger partial charge on any atom is 0.433 e. The number of ether oxygens (including phenoxy) is 2. The zero-order valence-electron chi connectivity index (χ0n) is 14.1. The van der Waals surface area contributed by atoms with Crippen LogP contribution < -0.4 is 10.2 Å². The highest BCUT2D eigenvalue weighted by atomic mass is 19.4. The van der Waals surface area contributed by atoms with Crippen molar-refractivity contribution in [1.82, 2.24) is 4.98 Å². The number of alkyl halides is 3. The summed E-state index contributed by atoms with van der Waals surface area (Å²) in [6, 6.07) is 1.33. The van der Waals surface area contributed by atoms with E-state index in [1.807, 2.05) is 0 Å². The minimum atomic E-state index is -4.76. The second-order valence-electron chi connectivity index (χ2n) is 6.52. The lowest BCUT2D eigenvalue weighted by molar-refractivity contribution is -0.141. The van der Waals surface area contributed by atoms with Crippen LogP contribution in [-0.4, -0.2) is 35.4 Å². The molecule has 2 amide bonds. The SMILES string of the molecule is C[C@H]1COC(=O)N1c1cc(NC(=O)OC(C)(C)C)cc(C(F)(F)F)n1. The van der Waals surface area contributed by atoms with Crippen molar-refractivity contribution in [2.75, 3.05) is 16.8 Å². The first-order valence-corrected chi connectivity index (χ1v) is 7.42. The van der Waals surface area contributed by atoms with E-state index in [0.29, 0.717) is 6.07 Å². The summed E-state index contributed by atoms with van der Waals surface area (Å²) >= 11 is 0. The largest absolute Gasteiger partial charge is 0.447 e. The molecule has 138 valence electrons. The molecule has 7 nitrogen and oxygen atoms in total. The summed E-state index contributed by atoms with van der Waals surface area (Å²) < 4.78 is 49.1. The first-order valence-electron chi connectivity index (χ1n) is 7.42. The molecule has 0 aliphatic carbocycles. The number of cyclic esters (lactones) is 1. The van der Waals surface area contributed by atoms with E-state index in [0.717, 1.165) is 11.0 Å². The van der Waals surface area contributed by atoms with E-state index in [2.05, 4.69) is 10.3 Å².